The van der Waals surface area contributed by atoms with Crippen molar-refractivity contribution in [2.24, 2.45) is 16.7 Å². The first-order valence-electron chi connectivity index (χ1n) is 9.45. The van der Waals surface area contributed by atoms with Gasteiger partial charge in [-0.2, -0.15) is 15.8 Å². The first-order valence-corrected chi connectivity index (χ1v) is 9.45. The van der Waals surface area contributed by atoms with E-state index in [1.807, 2.05) is 18.2 Å². The molecule has 2 saturated heterocycles. The van der Waals surface area contributed by atoms with E-state index in [9.17, 15) is 20.2 Å². The zero-order valence-electron chi connectivity index (χ0n) is 16.7. The average Bonchev–Trinajstić information content (AvgIpc) is 2.96. The molecule has 2 aliphatic rings. The van der Waals surface area contributed by atoms with E-state index in [0.717, 1.165) is 0 Å². The van der Waals surface area contributed by atoms with Gasteiger partial charge in [-0.25, -0.2) is 4.39 Å². The summed E-state index contributed by atoms with van der Waals surface area (Å²) in [7, 11) is 1.51. The van der Waals surface area contributed by atoms with Crippen LogP contribution in [-0.4, -0.2) is 13.0 Å². The van der Waals surface area contributed by atoms with E-state index < -0.39 is 40.4 Å². The van der Waals surface area contributed by atoms with Gasteiger partial charge in [0.1, 0.15) is 17.7 Å². The van der Waals surface area contributed by atoms with Gasteiger partial charge in [-0.3, -0.25) is 5.41 Å². The van der Waals surface area contributed by atoms with Crippen molar-refractivity contribution >= 4 is 5.90 Å². The summed E-state index contributed by atoms with van der Waals surface area (Å²) in [5, 5.41) is 39.1. The lowest BCUT2D eigenvalue weighted by atomic mass is 9.53. The van der Waals surface area contributed by atoms with Crippen LogP contribution in [0, 0.1) is 62.0 Å². The number of benzene rings is 2. The minimum absolute atomic E-state index is 0.0617. The Bertz CT molecular complexity index is 1180. The zero-order chi connectivity index (χ0) is 22.4. The van der Waals surface area contributed by atoms with Gasteiger partial charge in [0.25, 0.3) is 0 Å². The van der Waals surface area contributed by atoms with Gasteiger partial charge in [-0.1, -0.05) is 25.1 Å². The highest BCUT2D eigenvalue weighted by Gasteiger charge is 2.79. The molecule has 2 aliphatic heterocycles. The molecule has 2 aromatic carbocycles. The molecule has 8 heteroatoms. The van der Waals surface area contributed by atoms with Crippen molar-refractivity contribution in [2.75, 3.05) is 7.11 Å². The summed E-state index contributed by atoms with van der Waals surface area (Å²) >= 11 is 0. The van der Waals surface area contributed by atoms with Crippen LogP contribution in [0.5, 0.6) is 5.75 Å². The van der Waals surface area contributed by atoms with Crippen molar-refractivity contribution in [3.63, 3.8) is 0 Å². The second-order valence-electron chi connectivity index (χ2n) is 7.52. The predicted molar refractivity (Wildman–Crippen MR) is 105 cm³/mol. The van der Waals surface area contributed by atoms with Gasteiger partial charge in [0, 0.05) is 11.1 Å². The van der Waals surface area contributed by atoms with Crippen molar-refractivity contribution in [3.8, 4) is 24.0 Å². The Balaban J connectivity index is 2.03. The summed E-state index contributed by atoms with van der Waals surface area (Å²) < 4.78 is 32.1. The number of hydrogen-bond donors (Lipinski definition) is 1. The standard InChI is InChI=1S/C23H17FN4O3/c1-14-22(13-27)20(28)31-23(14,15-7-9-16(29-2)10-8-15)30-19(21(22,11-25)12-26)17-5-3-4-6-18(17)24/h3-10,14,19,28H,1-2H3. The lowest BCUT2D eigenvalue weighted by Gasteiger charge is -2.48. The van der Waals surface area contributed by atoms with Gasteiger partial charge in [0.2, 0.25) is 17.1 Å². The van der Waals surface area contributed by atoms with E-state index in [0.29, 0.717) is 11.3 Å². The molecule has 4 atom stereocenters. The van der Waals surface area contributed by atoms with Gasteiger partial charge < -0.3 is 14.2 Å². The fourth-order valence-corrected chi connectivity index (χ4v) is 4.66. The summed E-state index contributed by atoms with van der Waals surface area (Å²) in [5.41, 5.74) is -3.81. The summed E-state index contributed by atoms with van der Waals surface area (Å²) in [6.45, 7) is 1.59. The van der Waals surface area contributed by atoms with Crippen molar-refractivity contribution < 1.29 is 18.6 Å². The van der Waals surface area contributed by atoms with Crippen LogP contribution in [0.2, 0.25) is 0 Å². The Hall–Kier alpha value is -3.93. The van der Waals surface area contributed by atoms with Crippen LogP contribution in [-0.2, 0) is 15.3 Å². The van der Waals surface area contributed by atoms with E-state index in [-0.39, 0.29) is 5.56 Å². The Kier molecular flexibility index (Phi) is 4.47. The highest BCUT2D eigenvalue weighted by Crippen LogP contribution is 2.69. The van der Waals surface area contributed by atoms with Crippen LogP contribution < -0.4 is 4.74 Å². The highest BCUT2D eigenvalue weighted by atomic mass is 19.1. The molecule has 0 aromatic heterocycles. The molecule has 4 unspecified atom stereocenters. The SMILES string of the molecule is COc1ccc(C23OC(=N)C(C#N)(C2C)C(C#N)(C#N)C(c2ccccc2F)O3)cc1. The molecule has 0 aliphatic carbocycles. The summed E-state index contributed by atoms with van der Waals surface area (Å²) in [6.07, 6.45) is -1.48. The third-order valence-corrected chi connectivity index (χ3v) is 6.35. The van der Waals surface area contributed by atoms with Crippen LogP contribution >= 0.6 is 0 Å². The number of nitrogens with zero attached hydrogens (tertiary/aromatic N) is 3. The molecule has 0 saturated carbocycles. The zero-order valence-corrected chi connectivity index (χ0v) is 16.7. The lowest BCUT2D eigenvalue weighted by Crippen LogP contribution is -2.57. The lowest BCUT2D eigenvalue weighted by molar-refractivity contribution is -0.289. The molecule has 4 rings (SSSR count). The fraction of sp³-hybridized carbons (Fsp3) is 0.304. The van der Waals surface area contributed by atoms with Gasteiger partial charge in [-0.15, -0.1) is 0 Å². The molecule has 2 heterocycles. The van der Waals surface area contributed by atoms with Crippen molar-refractivity contribution in [1.82, 2.24) is 0 Å². The molecule has 154 valence electrons. The Labute approximate surface area is 178 Å². The molecule has 2 aromatic rings. The minimum atomic E-state index is -2.22. The second kappa shape index (κ2) is 6.80. The smallest absolute Gasteiger partial charge is 0.244 e. The highest BCUT2D eigenvalue weighted by molar-refractivity contribution is 5.89. The van der Waals surface area contributed by atoms with Crippen LogP contribution in [0.15, 0.2) is 48.5 Å². The second-order valence-corrected chi connectivity index (χ2v) is 7.52. The maximum Gasteiger partial charge on any atom is 0.244 e. The van der Waals surface area contributed by atoms with Gasteiger partial charge in [-0.05, 0) is 30.3 Å². The molecule has 31 heavy (non-hydrogen) atoms. The fourth-order valence-electron chi connectivity index (χ4n) is 4.66. The number of ether oxygens (including phenoxy) is 3. The predicted octanol–water partition coefficient (Wildman–Crippen LogP) is 3.95. The topological polar surface area (TPSA) is 123 Å². The Morgan fingerprint density at radius 1 is 1.03 bits per heavy atom. The first kappa shape index (κ1) is 20.3. The first-order chi connectivity index (χ1) is 14.9. The van der Waals surface area contributed by atoms with E-state index in [2.05, 4.69) is 0 Å². The van der Waals surface area contributed by atoms with Crippen molar-refractivity contribution in [1.29, 1.82) is 21.2 Å². The number of hydrogen-bond acceptors (Lipinski definition) is 7. The molecule has 2 fully saturated rings. The maximum atomic E-state index is 14.8. The third-order valence-electron chi connectivity index (χ3n) is 6.35. The number of halogens is 1. The molecule has 0 spiro atoms. The molecule has 2 bridgehead atoms. The third kappa shape index (κ3) is 2.30. The van der Waals surface area contributed by atoms with Crippen molar-refractivity contribution in [3.05, 3.63) is 65.5 Å². The van der Waals surface area contributed by atoms with Gasteiger partial charge >= 0.3 is 0 Å². The minimum Gasteiger partial charge on any atom is -0.497 e. The molecule has 0 amide bonds. The van der Waals surface area contributed by atoms with Crippen LogP contribution in [0.25, 0.3) is 0 Å². The quantitative estimate of drug-likeness (QED) is 0.808. The summed E-state index contributed by atoms with van der Waals surface area (Å²) in [5.74, 6) is -3.28. The number of fused-ring (bicyclic) bond motifs is 2. The van der Waals surface area contributed by atoms with Gasteiger partial charge in [0.15, 0.2) is 5.41 Å². The maximum absolute atomic E-state index is 14.8. The number of nitrogens with one attached hydrogen (secondary N) is 1. The van der Waals surface area contributed by atoms with Gasteiger partial charge in [0.05, 0.1) is 31.2 Å². The average molecular weight is 416 g/mol. The normalized spacial score (nSPS) is 30.4. The van der Waals surface area contributed by atoms with Crippen LogP contribution in [0.4, 0.5) is 4.39 Å². The summed E-state index contributed by atoms with van der Waals surface area (Å²) in [4.78, 5) is 0. The van der Waals surface area contributed by atoms with E-state index in [1.54, 1.807) is 37.3 Å². The van der Waals surface area contributed by atoms with Crippen LogP contribution in [0.1, 0.15) is 24.2 Å². The number of nitriles is 3. The summed E-state index contributed by atoms with van der Waals surface area (Å²) in [6, 6.07) is 18.0. The van der Waals surface area contributed by atoms with Crippen molar-refractivity contribution in [2.45, 2.75) is 18.8 Å². The largest absolute Gasteiger partial charge is 0.497 e. The Morgan fingerprint density at radius 2 is 1.68 bits per heavy atom. The van der Waals surface area contributed by atoms with Crippen LogP contribution in [0.3, 0.4) is 0 Å². The monoisotopic (exact) mass is 416 g/mol. The molecule has 0 radical (unpaired) electrons. The number of rotatable bonds is 3. The Morgan fingerprint density at radius 3 is 2.23 bits per heavy atom. The number of methoxy groups -OCH3 is 1. The molecular weight excluding hydrogens is 399 g/mol. The molecule has 1 N–H and O–H groups in total. The van der Waals surface area contributed by atoms with E-state index in [4.69, 9.17) is 19.6 Å². The van der Waals surface area contributed by atoms with E-state index >= 15 is 0 Å². The molecular formula is C23H17FN4O3. The molecule has 7 nitrogen and oxygen atoms in total. The van der Waals surface area contributed by atoms with E-state index in [1.165, 1.54) is 25.3 Å².